The molecule has 2 aromatic rings. The standard InChI is InChI=1S/C25H32N2O2S/c1-26-30(28,29)23-8-7-20(25(15-23)27-16-17-5-3-2-4-6-17)14-24-21-10-18-9-19(12-21)13-22(24)11-18/h2-8,15,18-19,21-22,24,26-27H,9-14,16H2,1H3. The summed E-state index contributed by atoms with van der Waals surface area (Å²) in [5, 5.41) is 3.55. The monoisotopic (exact) mass is 424 g/mol. The van der Waals surface area contributed by atoms with Gasteiger partial charge in [-0.2, -0.15) is 0 Å². The van der Waals surface area contributed by atoms with Crippen LogP contribution in [0.15, 0.2) is 53.4 Å². The first kappa shape index (κ1) is 20.1. The molecule has 5 heteroatoms. The normalized spacial score (nSPS) is 29.8. The van der Waals surface area contributed by atoms with Crippen LogP contribution in [0.5, 0.6) is 0 Å². The zero-order valence-corrected chi connectivity index (χ0v) is 18.5. The second-order valence-corrected chi connectivity index (χ2v) is 11.6. The van der Waals surface area contributed by atoms with Gasteiger partial charge in [0.25, 0.3) is 0 Å². The van der Waals surface area contributed by atoms with Crippen LogP contribution in [-0.4, -0.2) is 15.5 Å². The predicted octanol–water partition coefficient (Wildman–Crippen LogP) is 4.82. The maximum absolute atomic E-state index is 12.4. The van der Waals surface area contributed by atoms with E-state index < -0.39 is 10.0 Å². The maximum atomic E-state index is 12.4. The van der Waals surface area contributed by atoms with Crippen molar-refractivity contribution in [1.82, 2.24) is 4.72 Å². The molecule has 0 aliphatic heterocycles. The van der Waals surface area contributed by atoms with Gasteiger partial charge in [0.05, 0.1) is 4.90 Å². The van der Waals surface area contributed by atoms with E-state index in [-0.39, 0.29) is 0 Å². The molecule has 4 fully saturated rings. The molecular weight excluding hydrogens is 392 g/mol. The van der Waals surface area contributed by atoms with Crippen LogP contribution in [-0.2, 0) is 23.0 Å². The van der Waals surface area contributed by atoms with Crippen molar-refractivity contribution in [2.75, 3.05) is 12.4 Å². The van der Waals surface area contributed by atoms with Crippen molar-refractivity contribution in [2.24, 2.45) is 29.6 Å². The molecule has 0 amide bonds. The van der Waals surface area contributed by atoms with Gasteiger partial charge in [0.2, 0.25) is 10.0 Å². The molecule has 0 saturated heterocycles. The fraction of sp³-hybridized carbons (Fsp3) is 0.520. The number of hydrogen-bond acceptors (Lipinski definition) is 3. The molecule has 0 aromatic heterocycles. The quantitative estimate of drug-likeness (QED) is 0.670. The van der Waals surface area contributed by atoms with Gasteiger partial charge in [-0.3, -0.25) is 0 Å². The summed E-state index contributed by atoms with van der Waals surface area (Å²) in [6.07, 6.45) is 8.19. The number of benzene rings is 2. The highest BCUT2D eigenvalue weighted by atomic mass is 32.2. The number of sulfonamides is 1. The second kappa shape index (κ2) is 8.01. The lowest BCUT2D eigenvalue weighted by molar-refractivity contribution is -0.0359. The molecule has 0 atom stereocenters. The molecule has 160 valence electrons. The third-order valence-corrected chi connectivity index (χ3v) is 9.28. The van der Waals surface area contributed by atoms with E-state index in [1.807, 2.05) is 30.3 Å². The second-order valence-electron chi connectivity index (χ2n) is 9.66. The van der Waals surface area contributed by atoms with Crippen LogP contribution in [0.25, 0.3) is 0 Å². The van der Waals surface area contributed by atoms with Crippen molar-refractivity contribution in [2.45, 2.75) is 50.0 Å². The Kier molecular flexibility index (Phi) is 5.36. The van der Waals surface area contributed by atoms with E-state index in [1.165, 1.54) is 50.3 Å². The Morgan fingerprint density at radius 3 is 2.20 bits per heavy atom. The fourth-order valence-corrected chi connectivity index (χ4v) is 7.36. The van der Waals surface area contributed by atoms with E-state index in [9.17, 15) is 8.42 Å². The average Bonchev–Trinajstić information content (AvgIpc) is 2.75. The minimum atomic E-state index is -3.46. The summed E-state index contributed by atoms with van der Waals surface area (Å²) in [7, 11) is -1.99. The van der Waals surface area contributed by atoms with E-state index in [0.717, 1.165) is 41.7 Å². The molecule has 2 N–H and O–H groups in total. The van der Waals surface area contributed by atoms with Crippen LogP contribution < -0.4 is 10.0 Å². The largest absolute Gasteiger partial charge is 0.381 e. The molecule has 0 unspecified atom stereocenters. The van der Waals surface area contributed by atoms with E-state index >= 15 is 0 Å². The number of nitrogens with one attached hydrogen (secondary N) is 2. The van der Waals surface area contributed by atoms with Crippen molar-refractivity contribution in [3.05, 3.63) is 59.7 Å². The van der Waals surface area contributed by atoms with Gasteiger partial charge < -0.3 is 5.32 Å². The first-order valence-corrected chi connectivity index (χ1v) is 12.8. The minimum absolute atomic E-state index is 0.328. The van der Waals surface area contributed by atoms with Crippen molar-refractivity contribution in [3.8, 4) is 0 Å². The number of anilines is 1. The van der Waals surface area contributed by atoms with Gasteiger partial charge in [0.15, 0.2) is 0 Å². The highest BCUT2D eigenvalue weighted by Gasteiger charge is 2.47. The summed E-state index contributed by atoms with van der Waals surface area (Å²) in [4.78, 5) is 0.328. The van der Waals surface area contributed by atoms with Crippen LogP contribution in [0.4, 0.5) is 5.69 Å². The molecule has 0 heterocycles. The van der Waals surface area contributed by atoms with Crippen molar-refractivity contribution in [1.29, 1.82) is 0 Å². The molecule has 4 nitrogen and oxygen atoms in total. The molecule has 6 rings (SSSR count). The first-order chi connectivity index (χ1) is 14.5. The predicted molar refractivity (Wildman–Crippen MR) is 121 cm³/mol. The summed E-state index contributed by atoms with van der Waals surface area (Å²) in [5.41, 5.74) is 3.42. The highest BCUT2D eigenvalue weighted by Crippen LogP contribution is 2.57. The van der Waals surface area contributed by atoms with Gasteiger partial charge in [-0.15, -0.1) is 0 Å². The molecule has 0 spiro atoms. The Morgan fingerprint density at radius 1 is 0.900 bits per heavy atom. The Morgan fingerprint density at radius 2 is 1.57 bits per heavy atom. The van der Waals surface area contributed by atoms with Gasteiger partial charge in [-0.1, -0.05) is 36.4 Å². The van der Waals surface area contributed by atoms with E-state index in [1.54, 1.807) is 6.07 Å². The summed E-state index contributed by atoms with van der Waals surface area (Å²) in [6, 6.07) is 15.9. The van der Waals surface area contributed by atoms with Gasteiger partial charge in [0.1, 0.15) is 0 Å². The third-order valence-electron chi connectivity index (χ3n) is 7.86. The third kappa shape index (κ3) is 3.90. The fourth-order valence-electron chi connectivity index (χ4n) is 6.60. The van der Waals surface area contributed by atoms with E-state index in [4.69, 9.17) is 0 Å². The average molecular weight is 425 g/mol. The van der Waals surface area contributed by atoms with Gasteiger partial charge in [-0.25, -0.2) is 13.1 Å². The topological polar surface area (TPSA) is 58.2 Å². The molecule has 30 heavy (non-hydrogen) atoms. The number of hydrogen-bond donors (Lipinski definition) is 2. The van der Waals surface area contributed by atoms with Crippen LogP contribution in [0.3, 0.4) is 0 Å². The van der Waals surface area contributed by atoms with Gasteiger partial charge in [-0.05, 0) is 98.4 Å². The summed E-state index contributed by atoms with van der Waals surface area (Å²) < 4.78 is 27.2. The Balaban J connectivity index is 1.41. The van der Waals surface area contributed by atoms with E-state index in [2.05, 4.69) is 22.2 Å². The van der Waals surface area contributed by atoms with Crippen LogP contribution >= 0.6 is 0 Å². The molecule has 0 radical (unpaired) electrons. The van der Waals surface area contributed by atoms with Crippen molar-refractivity contribution in [3.63, 3.8) is 0 Å². The SMILES string of the molecule is CNS(=O)(=O)c1ccc(CC2C3CC4CC(C3)CC2C4)c(NCc2ccccc2)c1. The maximum Gasteiger partial charge on any atom is 0.240 e. The van der Waals surface area contributed by atoms with Gasteiger partial charge >= 0.3 is 0 Å². The van der Waals surface area contributed by atoms with Crippen LogP contribution in [0.2, 0.25) is 0 Å². The molecule has 2 aromatic carbocycles. The molecule has 4 aliphatic rings. The van der Waals surface area contributed by atoms with Crippen molar-refractivity contribution < 1.29 is 8.42 Å². The van der Waals surface area contributed by atoms with Crippen molar-refractivity contribution >= 4 is 15.7 Å². The van der Waals surface area contributed by atoms with Gasteiger partial charge in [0, 0.05) is 12.2 Å². The summed E-state index contributed by atoms with van der Waals surface area (Å²) in [6.45, 7) is 0.693. The van der Waals surface area contributed by atoms with Crippen LogP contribution in [0.1, 0.15) is 43.2 Å². The Labute approximate surface area is 180 Å². The highest BCUT2D eigenvalue weighted by molar-refractivity contribution is 7.89. The molecular formula is C25H32N2O2S. The van der Waals surface area contributed by atoms with Crippen LogP contribution in [0, 0.1) is 29.6 Å². The molecule has 4 aliphatic carbocycles. The number of rotatable bonds is 7. The zero-order chi connectivity index (χ0) is 20.7. The lowest BCUT2D eigenvalue weighted by Crippen LogP contribution is -2.45. The first-order valence-electron chi connectivity index (χ1n) is 11.4. The van der Waals surface area contributed by atoms with E-state index in [0.29, 0.717) is 11.4 Å². The summed E-state index contributed by atoms with van der Waals surface area (Å²) in [5.74, 6) is 4.43. The lowest BCUT2D eigenvalue weighted by Gasteiger charge is -2.54. The zero-order valence-electron chi connectivity index (χ0n) is 17.7. The molecule has 4 bridgehead atoms. The Bertz CT molecular complexity index is 975. The lowest BCUT2D eigenvalue weighted by atomic mass is 9.51. The minimum Gasteiger partial charge on any atom is -0.381 e. The molecule has 4 saturated carbocycles. The smallest absolute Gasteiger partial charge is 0.240 e. The Hall–Kier alpha value is -1.85. The summed E-state index contributed by atoms with van der Waals surface area (Å²) >= 11 is 0.